The summed E-state index contributed by atoms with van der Waals surface area (Å²) in [6.07, 6.45) is 5.98. The van der Waals surface area contributed by atoms with Crippen LogP contribution in [0.5, 0.6) is 0 Å². The number of carbonyl (C=O) groups is 2. The highest BCUT2D eigenvalue weighted by Gasteiger charge is 2.41. The molecule has 0 spiro atoms. The van der Waals surface area contributed by atoms with Crippen LogP contribution < -0.4 is 0 Å². The number of aromatic nitrogens is 2. The molecule has 1 aromatic carbocycles. The number of aryl methyl sites for hydroxylation is 1. The molecule has 6 nitrogen and oxygen atoms in total. The van der Waals surface area contributed by atoms with Crippen LogP contribution in [0.2, 0.25) is 0 Å². The molecule has 0 saturated carbocycles. The number of amides is 1. The average Bonchev–Trinajstić information content (AvgIpc) is 3.17. The number of rotatable bonds is 6. The van der Waals surface area contributed by atoms with Gasteiger partial charge in [0, 0.05) is 25.5 Å². The van der Waals surface area contributed by atoms with Gasteiger partial charge in [0.05, 0.1) is 17.9 Å². The molecule has 1 amide bonds. The maximum absolute atomic E-state index is 12.4. The number of Topliss-reactive ketones (excluding diaryl/α,β-unsaturated/α-hetero) is 1. The Morgan fingerprint density at radius 2 is 2.00 bits per heavy atom. The van der Waals surface area contributed by atoms with Crippen LogP contribution in [0.3, 0.4) is 0 Å². The molecule has 0 fully saturated rings. The maximum atomic E-state index is 12.4. The smallest absolute Gasteiger partial charge is 0.290 e. The molecular weight excluding hydrogens is 306 g/mol. The van der Waals surface area contributed by atoms with E-state index in [0.717, 1.165) is 5.56 Å². The zero-order valence-corrected chi connectivity index (χ0v) is 13.4. The summed E-state index contributed by atoms with van der Waals surface area (Å²) in [6, 6.07) is 8.79. The van der Waals surface area contributed by atoms with Gasteiger partial charge in [0.1, 0.15) is 0 Å². The predicted octanol–water partition coefficient (Wildman–Crippen LogP) is 2.26. The predicted molar refractivity (Wildman–Crippen MR) is 88.1 cm³/mol. The summed E-state index contributed by atoms with van der Waals surface area (Å²) in [5.41, 5.74) is 0.997. The molecule has 2 aromatic rings. The molecule has 1 atom stereocenters. The quantitative estimate of drug-likeness (QED) is 0.884. The third kappa shape index (κ3) is 2.95. The molecule has 1 N–H and O–H groups in total. The zero-order chi connectivity index (χ0) is 17.1. The highest BCUT2D eigenvalue weighted by atomic mass is 16.3. The first-order valence-corrected chi connectivity index (χ1v) is 7.85. The van der Waals surface area contributed by atoms with Crippen molar-refractivity contribution in [2.75, 3.05) is 6.54 Å². The molecule has 124 valence electrons. The van der Waals surface area contributed by atoms with Gasteiger partial charge >= 0.3 is 0 Å². The number of hydrogen-bond donors (Lipinski definition) is 1. The van der Waals surface area contributed by atoms with Gasteiger partial charge in [-0.05, 0) is 18.9 Å². The molecule has 0 saturated heterocycles. The number of hydrogen-bond acceptors (Lipinski definition) is 4. The van der Waals surface area contributed by atoms with Crippen molar-refractivity contribution >= 4 is 11.7 Å². The summed E-state index contributed by atoms with van der Waals surface area (Å²) in [5.74, 6) is -1.20. The van der Waals surface area contributed by atoms with E-state index < -0.39 is 17.7 Å². The second-order valence-corrected chi connectivity index (χ2v) is 5.78. The maximum Gasteiger partial charge on any atom is 0.290 e. The van der Waals surface area contributed by atoms with Gasteiger partial charge in [-0.25, -0.2) is 4.98 Å². The number of nitrogens with zero attached hydrogens (tertiary/aromatic N) is 3. The molecule has 0 aliphatic carbocycles. The highest BCUT2D eigenvalue weighted by molar-refractivity contribution is 6.08. The van der Waals surface area contributed by atoms with Crippen LogP contribution in [-0.2, 0) is 16.1 Å². The van der Waals surface area contributed by atoms with E-state index in [0.29, 0.717) is 19.5 Å². The van der Waals surface area contributed by atoms with Gasteiger partial charge in [0.15, 0.2) is 11.5 Å². The summed E-state index contributed by atoms with van der Waals surface area (Å²) in [4.78, 5) is 30.0. The van der Waals surface area contributed by atoms with E-state index in [-0.39, 0.29) is 11.4 Å². The fourth-order valence-electron chi connectivity index (χ4n) is 3.07. The van der Waals surface area contributed by atoms with Gasteiger partial charge in [-0.1, -0.05) is 30.3 Å². The Morgan fingerprint density at radius 1 is 1.25 bits per heavy atom. The van der Waals surface area contributed by atoms with Crippen molar-refractivity contribution in [1.82, 2.24) is 14.5 Å². The Bertz CT molecular complexity index is 766. The Labute approximate surface area is 140 Å². The summed E-state index contributed by atoms with van der Waals surface area (Å²) in [6.45, 7) is 2.53. The molecule has 3 rings (SSSR count). The average molecular weight is 325 g/mol. The number of aliphatic hydroxyl groups excluding tert-OH is 1. The molecule has 2 heterocycles. The number of imidazole rings is 1. The monoisotopic (exact) mass is 325 g/mol. The van der Waals surface area contributed by atoms with E-state index in [2.05, 4.69) is 4.98 Å². The number of benzene rings is 1. The first-order chi connectivity index (χ1) is 11.6. The van der Waals surface area contributed by atoms with E-state index in [1.807, 2.05) is 41.1 Å². The van der Waals surface area contributed by atoms with E-state index in [1.54, 1.807) is 17.4 Å². The lowest BCUT2D eigenvalue weighted by molar-refractivity contribution is -0.129. The van der Waals surface area contributed by atoms with Crippen molar-refractivity contribution in [3.8, 4) is 0 Å². The van der Waals surface area contributed by atoms with Gasteiger partial charge in [-0.2, -0.15) is 0 Å². The lowest BCUT2D eigenvalue weighted by Crippen LogP contribution is -2.32. The van der Waals surface area contributed by atoms with Crippen LogP contribution in [0.15, 0.2) is 60.4 Å². The van der Waals surface area contributed by atoms with Crippen molar-refractivity contribution in [2.24, 2.45) is 0 Å². The number of ketones is 1. The van der Waals surface area contributed by atoms with E-state index in [4.69, 9.17) is 0 Å². The molecule has 6 heteroatoms. The molecular formula is C18H19N3O3. The van der Waals surface area contributed by atoms with Crippen molar-refractivity contribution in [1.29, 1.82) is 0 Å². The second kappa shape index (κ2) is 6.70. The minimum Gasteiger partial charge on any atom is -0.503 e. The summed E-state index contributed by atoms with van der Waals surface area (Å²) >= 11 is 0. The Kier molecular flexibility index (Phi) is 4.46. The van der Waals surface area contributed by atoms with Crippen molar-refractivity contribution in [3.05, 3.63) is 65.9 Å². The van der Waals surface area contributed by atoms with Crippen LogP contribution >= 0.6 is 0 Å². The van der Waals surface area contributed by atoms with Crippen LogP contribution in [-0.4, -0.2) is 37.8 Å². The number of carbonyl (C=O) groups excluding carboxylic acids is 2. The van der Waals surface area contributed by atoms with Crippen molar-refractivity contribution in [3.63, 3.8) is 0 Å². The molecule has 1 aliphatic heterocycles. The molecule has 0 bridgehead atoms. The van der Waals surface area contributed by atoms with Crippen LogP contribution in [0.25, 0.3) is 0 Å². The summed E-state index contributed by atoms with van der Waals surface area (Å²) in [7, 11) is 0. The minimum atomic E-state index is -0.529. The third-order valence-corrected chi connectivity index (χ3v) is 4.17. The second-order valence-electron chi connectivity index (χ2n) is 5.78. The SMILES string of the molecule is CC(=O)C1=C(O)C(=O)N(CCCn2ccnc2)[C@@H]1c1ccccc1. The first-order valence-electron chi connectivity index (χ1n) is 7.85. The molecule has 1 aromatic heterocycles. The van der Waals surface area contributed by atoms with E-state index in [1.165, 1.54) is 6.92 Å². The first kappa shape index (κ1) is 16.0. The number of aliphatic hydroxyl groups is 1. The van der Waals surface area contributed by atoms with E-state index in [9.17, 15) is 14.7 Å². The van der Waals surface area contributed by atoms with Gasteiger partial charge in [0.2, 0.25) is 0 Å². The molecule has 0 radical (unpaired) electrons. The largest absolute Gasteiger partial charge is 0.503 e. The lowest BCUT2D eigenvalue weighted by Gasteiger charge is -2.26. The van der Waals surface area contributed by atoms with Crippen LogP contribution in [0.1, 0.15) is 24.9 Å². The highest BCUT2D eigenvalue weighted by Crippen LogP contribution is 2.37. The summed E-state index contributed by atoms with van der Waals surface area (Å²) < 4.78 is 1.93. The molecule has 24 heavy (non-hydrogen) atoms. The molecule has 0 unspecified atom stereocenters. The van der Waals surface area contributed by atoms with Crippen LogP contribution in [0, 0.1) is 0 Å². The summed E-state index contributed by atoms with van der Waals surface area (Å²) in [5, 5.41) is 10.2. The zero-order valence-electron chi connectivity index (χ0n) is 13.4. The Morgan fingerprint density at radius 3 is 2.62 bits per heavy atom. The van der Waals surface area contributed by atoms with Crippen molar-refractivity contribution < 1.29 is 14.7 Å². The fourth-order valence-corrected chi connectivity index (χ4v) is 3.07. The fraction of sp³-hybridized carbons (Fsp3) is 0.278. The minimum absolute atomic E-state index is 0.175. The van der Waals surface area contributed by atoms with Gasteiger partial charge in [-0.3, -0.25) is 9.59 Å². The van der Waals surface area contributed by atoms with Crippen molar-refractivity contribution in [2.45, 2.75) is 25.9 Å². The Balaban J connectivity index is 1.83. The normalized spacial score (nSPS) is 17.6. The topological polar surface area (TPSA) is 75.4 Å². The van der Waals surface area contributed by atoms with E-state index >= 15 is 0 Å². The van der Waals surface area contributed by atoms with Gasteiger partial charge in [0.25, 0.3) is 5.91 Å². The van der Waals surface area contributed by atoms with Crippen LogP contribution in [0.4, 0.5) is 0 Å². The lowest BCUT2D eigenvalue weighted by atomic mass is 9.97. The van der Waals surface area contributed by atoms with Gasteiger partial charge < -0.3 is 14.6 Å². The van der Waals surface area contributed by atoms with Gasteiger partial charge in [-0.15, -0.1) is 0 Å². The third-order valence-electron chi connectivity index (χ3n) is 4.17. The molecule has 1 aliphatic rings. The Hall–Kier alpha value is -2.89. The standard InChI is InChI=1S/C18H19N3O3/c1-13(22)15-16(14-6-3-2-4-7-14)21(18(24)17(15)23)10-5-9-20-11-8-19-12-20/h2-4,6-8,11-12,16,23H,5,9-10H2,1H3/t16-/m1/s1.